The molecule has 1 unspecified atom stereocenters. The van der Waals surface area contributed by atoms with E-state index in [2.05, 4.69) is 0 Å². The van der Waals surface area contributed by atoms with Crippen molar-refractivity contribution in [2.75, 3.05) is 0 Å². The monoisotopic (exact) mass is 219 g/mol. The lowest BCUT2D eigenvalue weighted by Gasteiger charge is -2.13. The Hall–Kier alpha value is -1.56. The van der Waals surface area contributed by atoms with Crippen LogP contribution in [0.25, 0.3) is 0 Å². The predicted octanol–water partition coefficient (Wildman–Crippen LogP) is 0.938. The number of benzene rings is 1. The van der Waals surface area contributed by atoms with Gasteiger partial charge in [-0.3, -0.25) is 0 Å². The van der Waals surface area contributed by atoms with Crippen LogP contribution in [0.15, 0.2) is 12.1 Å². The summed E-state index contributed by atoms with van der Waals surface area (Å²) in [5.74, 6) is -1.26. The lowest BCUT2D eigenvalue weighted by atomic mass is 10.0. The Morgan fingerprint density at radius 1 is 1.13 bits per heavy atom. The fraction of sp³-hybridized carbons (Fsp3) is 0.333. The average Bonchev–Trinajstić information content (AvgIpc) is 2.10. The van der Waals surface area contributed by atoms with E-state index in [4.69, 9.17) is 10.8 Å². The first-order valence-electron chi connectivity index (χ1n) is 4.19. The lowest BCUT2D eigenvalue weighted by molar-refractivity contribution is 0.115. The van der Waals surface area contributed by atoms with Crippen molar-refractivity contribution in [3.63, 3.8) is 0 Å². The molecule has 6 heteroatoms. The summed E-state index contributed by atoms with van der Waals surface area (Å²) in [6.45, 7) is 0. The van der Waals surface area contributed by atoms with Crippen LogP contribution in [0, 0.1) is 0 Å². The van der Waals surface area contributed by atoms with Crippen molar-refractivity contribution in [2.45, 2.75) is 18.9 Å². The first kappa shape index (κ1) is 11.5. The second kappa shape index (κ2) is 4.31. The molecule has 15 heavy (non-hydrogen) atoms. The second-order valence-corrected chi connectivity index (χ2v) is 3.17. The van der Waals surface area contributed by atoms with E-state index in [1.807, 2.05) is 0 Å². The first-order valence-corrected chi connectivity index (χ1v) is 4.19. The summed E-state index contributed by atoms with van der Waals surface area (Å²) >= 11 is 0. The molecule has 0 aliphatic heterocycles. The van der Waals surface area contributed by atoms with Crippen LogP contribution < -0.4 is 5.73 Å². The summed E-state index contributed by atoms with van der Waals surface area (Å²) < 4.78 is 24.2. The molecule has 0 aliphatic carbocycles. The molecule has 4 nitrogen and oxygen atoms in total. The normalized spacial score (nSPS) is 13.1. The Bertz CT molecular complexity index is 334. The predicted molar refractivity (Wildman–Crippen MR) is 49.1 cm³/mol. The maximum absolute atomic E-state index is 12.1. The smallest absolute Gasteiger partial charge is 0.253 e. The quantitative estimate of drug-likeness (QED) is 0.609. The minimum Gasteiger partial charge on any atom is -0.508 e. The number of phenolic OH excluding ortho intramolecular Hbond substituents is 3. The van der Waals surface area contributed by atoms with Crippen molar-refractivity contribution in [3.05, 3.63) is 17.7 Å². The topological polar surface area (TPSA) is 86.7 Å². The summed E-state index contributed by atoms with van der Waals surface area (Å²) in [6.07, 6.45) is -3.10. The Morgan fingerprint density at radius 3 is 2.00 bits per heavy atom. The van der Waals surface area contributed by atoms with E-state index >= 15 is 0 Å². The SMILES string of the molecule is NC(Cc1c(O)cc(O)cc1O)C(F)F. The van der Waals surface area contributed by atoms with Gasteiger partial charge in [0.2, 0.25) is 0 Å². The van der Waals surface area contributed by atoms with E-state index in [1.54, 1.807) is 0 Å². The Morgan fingerprint density at radius 2 is 1.60 bits per heavy atom. The molecule has 0 aliphatic rings. The highest BCUT2D eigenvalue weighted by Gasteiger charge is 2.20. The van der Waals surface area contributed by atoms with E-state index in [0.29, 0.717) is 0 Å². The third-order valence-electron chi connectivity index (χ3n) is 1.95. The number of nitrogens with two attached hydrogens (primary N) is 1. The zero-order valence-corrected chi connectivity index (χ0v) is 7.69. The van der Waals surface area contributed by atoms with Crippen molar-refractivity contribution >= 4 is 0 Å². The highest BCUT2D eigenvalue weighted by molar-refractivity contribution is 5.49. The maximum atomic E-state index is 12.1. The van der Waals surface area contributed by atoms with Gasteiger partial charge in [-0.05, 0) is 0 Å². The van der Waals surface area contributed by atoms with Gasteiger partial charge in [-0.25, -0.2) is 8.78 Å². The summed E-state index contributed by atoms with van der Waals surface area (Å²) in [4.78, 5) is 0. The molecule has 0 saturated carbocycles. The van der Waals surface area contributed by atoms with Gasteiger partial charge in [0.15, 0.2) is 0 Å². The summed E-state index contributed by atoms with van der Waals surface area (Å²) in [5, 5.41) is 27.5. The van der Waals surface area contributed by atoms with Gasteiger partial charge in [0.05, 0.1) is 6.04 Å². The molecule has 0 spiro atoms. The summed E-state index contributed by atoms with van der Waals surface area (Å²) in [7, 11) is 0. The Balaban J connectivity index is 2.95. The molecule has 0 fully saturated rings. The fourth-order valence-corrected chi connectivity index (χ4v) is 1.16. The molecule has 0 saturated heterocycles. The van der Waals surface area contributed by atoms with Crippen molar-refractivity contribution in [1.29, 1.82) is 0 Å². The van der Waals surface area contributed by atoms with E-state index in [0.717, 1.165) is 12.1 Å². The van der Waals surface area contributed by atoms with Gasteiger partial charge in [-0.2, -0.15) is 0 Å². The number of phenols is 3. The second-order valence-electron chi connectivity index (χ2n) is 3.17. The number of rotatable bonds is 3. The van der Waals surface area contributed by atoms with Crippen LogP contribution in [-0.2, 0) is 6.42 Å². The third kappa shape index (κ3) is 2.69. The van der Waals surface area contributed by atoms with Gasteiger partial charge >= 0.3 is 0 Å². The van der Waals surface area contributed by atoms with E-state index in [9.17, 15) is 19.0 Å². The zero-order valence-electron chi connectivity index (χ0n) is 7.69. The molecule has 0 radical (unpaired) electrons. The minimum absolute atomic E-state index is 0.0967. The highest BCUT2D eigenvalue weighted by Crippen LogP contribution is 2.32. The number of hydrogen-bond acceptors (Lipinski definition) is 4. The highest BCUT2D eigenvalue weighted by atomic mass is 19.3. The molecule has 84 valence electrons. The number of halogens is 2. The van der Waals surface area contributed by atoms with Gasteiger partial charge < -0.3 is 21.1 Å². The maximum Gasteiger partial charge on any atom is 0.253 e. The Kier molecular flexibility index (Phi) is 3.31. The van der Waals surface area contributed by atoms with Crippen LogP contribution in [0.1, 0.15) is 5.56 Å². The first-order chi connectivity index (χ1) is 6.91. The van der Waals surface area contributed by atoms with Crippen molar-refractivity contribution in [1.82, 2.24) is 0 Å². The van der Waals surface area contributed by atoms with Crippen LogP contribution in [0.5, 0.6) is 17.2 Å². The van der Waals surface area contributed by atoms with Gasteiger partial charge in [0, 0.05) is 24.1 Å². The van der Waals surface area contributed by atoms with Crippen molar-refractivity contribution < 1.29 is 24.1 Å². The molecule has 0 aromatic heterocycles. The molecule has 5 N–H and O–H groups in total. The molecule has 0 heterocycles. The number of alkyl halides is 2. The number of aromatic hydroxyl groups is 3. The van der Waals surface area contributed by atoms with Crippen molar-refractivity contribution in [2.24, 2.45) is 5.73 Å². The number of hydrogen-bond donors (Lipinski definition) is 4. The van der Waals surface area contributed by atoms with Gasteiger partial charge in [-0.15, -0.1) is 0 Å². The van der Waals surface area contributed by atoms with Gasteiger partial charge in [-0.1, -0.05) is 0 Å². The Labute approximate surface area is 84.6 Å². The minimum atomic E-state index is -2.74. The van der Waals surface area contributed by atoms with Crippen LogP contribution in [0.4, 0.5) is 8.78 Å². The van der Waals surface area contributed by atoms with E-state index < -0.39 is 24.0 Å². The van der Waals surface area contributed by atoms with Crippen LogP contribution in [-0.4, -0.2) is 27.8 Å². The molecule has 1 atom stereocenters. The lowest BCUT2D eigenvalue weighted by Crippen LogP contribution is -2.30. The summed E-state index contributed by atoms with van der Waals surface area (Å²) in [6, 6.07) is 0.437. The van der Waals surface area contributed by atoms with Crippen LogP contribution in [0.2, 0.25) is 0 Å². The zero-order chi connectivity index (χ0) is 11.6. The molecular formula is C9H11F2NO3. The standard InChI is InChI=1S/C9H11F2NO3/c10-9(11)6(12)3-5-7(14)1-4(13)2-8(5)15/h1-2,6,9,13-15H,3,12H2. The van der Waals surface area contributed by atoms with Gasteiger partial charge in [0.1, 0.15) is 17.2 Å². The average molecular weight is 219 g/mol. The summed E-state index contributed by atoms with van der Waals surface area (Å²) in [5.41, 5.74) is 4.99. The molecule has 1 aromatic carbocycles. The molecule has 0 bridgehead atoms. The molecule has 1 rings (SSSR count). The largest absolute Gasteiger partial charge is 0.508 e. The molecular weight excluding hydrogens is 208 g/mol. The van der Waals surface area contributed by atoms with E-state index in [1.165, 1.54) is 0 Å². The van der Waals surface area contributed by atoms with Crippen LogP contribution in [0.3, 0.4) is 0 Å². The van der Waals surface area contributed by atoms with Gasteiger partial charge in [0.25, 0.3) is 6.43 Å². The molecule has 1 aromatic rings. The third-order valence-corrected chi connectivity index (χ3v) is 1.95. The van der Waals surface area contributed by atoms with E-state index in [-0.39, 0.29) is 17.7 Å². The van der Waals surface area contributed by atoms with Crippen LogP contribution >= 0.6 is 0 Å². The van der Waals surface area contributed by atoms with Crippen molar-refractivity contribution in [3.8, 4) is 17.2 Å². The fourth-order valence-electron chi connectivity index (χ4n) is 1.16. The molecule has 0 amide bonds.